The lowest BCUT2D eigenvalue weighted by Gasteiger charge is -2.20. The summed E-state index contributed by atoms with van der Waals surface area (Å²) < 4.78 is 4.83. The Bertz CT molecular complexity index is 1680. The lowest BCUT2D eigenvalue weighted by Crippen LogP contribution is -2.33. The number of anilines is 2. The fourth-order valence-electron chi connectivity index (χ4n) is 4.58. The van der Waals surface area contributed by atoms with Crippen molar-refractivity contribution < 1.29 is 19.1 Å². The molecule has 1 aliphatic rings. The summed E-state index contributed by atoms with van der Waals surface area (Å²) >= 11 is 0. The standard InChI is InChI=1S/C31H30N6O4/c1-36(2)15-16-37(3)30(39)19-5-9-22(10-6-19)34-28(20-8-12-24-26(17-20)33-14-13-32-24)27-23-11-7-21(31(40)41-4)18-25(23)35-29(27)38/h5-14,17-18,34H,15-16H2,1-4H3,(H,35,38)/b28-27-. The molecule has 0 atom stereocenters. The van der Waals surface area contributed by atoms with E-state index in [1.165, 1.54) is 7.11 Å². The second kappa shape index (κ2) is 11.6. The predicted molar refractivity (Wildman–Crippen MR) is 158 cm³/mol. The van der Waals surface area contributed by atoms with Gasteiger partial charge in [-0.25, -0.2) is 4.79 Å². The van der Waals surface area contributed by atoms with Crippen LogP contribution >= 0.6 is 0 Å². The molecule has 2 amide bonds. The van der Waals surface area contributed by atoms with E-state index in [4.69, 9.17) is 4.74 Å². The monoisotopic (exact) mass is 550 g/mol. The van der Waals surface area contributed by atoms with Crippen LogP contribution in [0.5, 0.6) is 0 Å². The lowest BCUT2D eigenvalue weighted by molar-refractivity contribution is -0.110. The number of ether oxygens (including phenoxy) is 1. The summed E-state index contributed by atoms with van der Waals surface area (Å²) in [7, 11) is 7.03. The lowest BCUT2D eigenvalue weighted by atomic mass is 9.98. The van der Waals surface area contributed by atoms with Crippen LogP contribution in [0.1, 0.15) is 31.8 Å². The highest BCUT2D eigenvalue weighted by Crippen LogP contribution is 2.38. The first-order valence-electron chi connectivity index (χ1n) is 13.0. The van der Waals surface area contributed by atoms with E-state index in [2.05, 4.69) is 20.6 Å². The predicted octanol–water partition coefficient (Wildman–Crippen LogP) is 3.98. The van der Waals surface area contributed by atoms with Gasteiger partial charge in [0, 0.05) is 54.9 Å². The molecule has 0 aliphatic carbocycles. The third-order valence-electron chi connectivity index (χ3n) is 6.82. The number of rotatable bonds is 8. The zero-order valence-electron chi connectivity index (χ0n) is 23.3. The molecule has 0 bridgehead atoms. The van der Waals surface area contributed by atoms with Gasteiger partial charge in [0.05, 0.1) is 40.7 Å². The Morgan fingerprint density at radius 3 is 2.24 bits per heavy atom. The first kappa shape index (κ1) is 27.5. The summed E-state index contributed by atoms with van der Waals surface area (Å²) in [6.07, 6.45) is 3.24. The van der Waals surface area contributed by atoms with Gasteiger partial charge in [0.15, 0.2) is 0 Å². The fraction of sp³-hybridized carbons (Fsp3) is 0.194. The fourth-order valence-corrected chi connectivity index (χ4v) is 4.58. The summed E-state index contributed by atoms with van der Waals surface area (Å²) in [4.78, 5) is 50.8. The molecule has 0 spiro atoms. The van der Waals surface area contributed by atoms with Gasteiger partial charge >= 0.3 is 5.97 Å². The molecule has 0 saturated heterocycles. The molecule has 10 nitrogen and oxygen atoms in total. The van der Waals surface area contributed by atoms with Crippen LogP contribution in [0.25, 0.3) is 22.3 Å². The number of likely N-dealkylation sites (N-methyl/N-ethyl adjacent to an activating group) is 2. The zero-order valence-corrected chi connectivity index (χ0v) is 23.3. The van der Waals surface area contributed by atoms with E-state index in [0.717, 1.165) is 17.6 Å². The van der Waals surface area contributed by atoms with Crippen molar-refractivity contribution in [3.8, 4) is 0 Å². The van der Waals surface area contributed by atoms with Gasteiger partial charge in [-0.05, 0) is 62.6 Å². The Balaban J connectivity index is 1.54. The third kappa shape index (κ3) is 5.78. The topological polar surface area (TPSA) is 117 Å². The number of methoxy groups -OCH3 is 1. The highest BCUT2D eigenvalue weighted by atomic mass is 16.5. The largest absolute Gasteiger partial charge is 0.465 e. The van der Waals surface area contributed by atoms with Crippen molar-refractivity contribution in [3.63, 3.8) is 0 Å². The second-order valence-corrected chi connectivity index (χ2v) is 9.95. The number of hydrogen-bond donors (Lipinski definition) is 2. The van der Waals surface area contributed by atoms with Crippen molar-refractivity contribution in [3.05, 3.63) is 95.3 Å². The molecule has 1 aliphatic heterocycles. The van der Waals surface area contributed by atoms with Crippen LogP contribution in [0.3, 0.4) is 0 Å². The second-order valence-electron chi connectivity index (χ2n) is 9.95. The molecule has 2 N–H and O–H groups in total. The van der Waals surface area contributed by atoms with Gasteiger partial charge in [0.2, 0.25) is 0 Å². The molecule has 41 heavy (non-hydrogen) atoms. The Morgan fingerprint density at radius 2 is 1.54 bits per heavy atom. The van der Waals surface area contributed by atoms with Gasteiger partial charge in [-0.15, -0.1) is 0 Å². The van der Waals surface area contributed by atoms with E-state index in [1.807, 2.05) is 49.3 Å². The number of aromatic nitrogens is 2. The first-order valence-corrected chi connectivity index (χ1v) is 13.0. The maximum absolute atomic E-state index is 13.4. The normalized spacial score (nSPS) is 13.5. The highest BCUT2D eigenvalue weighted by molar-refractivity contribution is 6.37. The quantitative estimate of drug-likeness (QED) is 0.250. The Kier molecular flexibility index (Phi) is 7.75. The number of nitrogens with zero attached hydrogens (tertiary/aromatic N) is 4. The molecule has 5 rings (SSSR count). The SMILES string of the molecule is COC(=O)c1ccc2c(c1)NC(=O)/C2=C(\Nc1ccc(C(=O)N(C)CCN(C)C)cc1)c1ccc2nccnc2c1. The minimum absolute atomic E-state index is 0.0735. The van der Waals surface area contributed by atoms with E-state index in [0.29, 0.717) is 51.4 Å². The summed E-state index contributed by atoms with van der Waals surface area (Å²) in [5.74, 6) is -0.887. The van der Waals surface area contributed by atoms with Gasteiger partial charge < -0.3 is 25.2 Å². The number of esters is 1. The molecule has 1 aromatic heterocycles. The Labute approximate surface area is 237 Å². The van der Waals surface area contributed by atoms with Gasteiger partial charge in [-0.2, -0.15) is 0 Å². The summed E-state index contributed by atoms with van der Waals surface area (Å²) in [6, 6.07) is 17.7. The maximum atomic E-state index is 13.4. The zero-order chi connectivity index (χ0) is 29.1. The van der Waals surface area contributed by atoms with E-state index in [1.54, 1.807) is 54.7 Å². The minimum Gasteiger partial charge on any atom is -0.465 e. The molecule has 2 heterocycles. The van der Waals surface area contributed by atoms with Gasteiger partial charge in [-0.3, -0.25) is 19.6 Å². The molecule has 0 unspecified atom stereocenters. The van der Waals surface area contributed by atoms with Crippen molar-refractivity contribution in [2.45, 2.75) is 0 Å². The number of carbonyl (C=O) groups is 3. The van der Waals surface area contributed by atoms with Crippen LogP contribution in [-0.4, -0.2) is 78.9 Å². The summed E-state index contributed by atoms with van der Waals surface area (Å²) in [5.41, 5.74) is 5.79. The molecular weight excluding hydrogens is 520 g/mol. The van der Waals surface area contributed by atoms with E-state index in [9.17, 15) is 14.4 Å². The van der Waals surface area contributed by atoms with Gasteiger partial charge in [0.1, 0.15) is 0 Å². The molecule has 0 radical (unpaired) electrons. The third-order valence-corrected chi connectivity index (χ3v) is 6.82. The number of amides is 2. The maximum Gasteiger partial charge on any atom is 0.337 e. The molecule has 10 heteroatoms. The van der Waals surface area contributed by atoms with Crippen molar-refractivity contribution in [2.24, 2.45) is 0 Å². The van der Waals surface area contributed by atoms with Crippen molar-refractivity contribution in [1.29, 1.82) is 0 Å². The van der Waals surface area contributed by atoms with E-state index >= 15 is 0 Å². The van der Waals surface area contributed by atoms with Crippen molar-refractivity contribution >= 4 is 51.5 Å². The average Bonchev–Trinajstić information content (AvgIpc) is 3.32. The molecule has 4 aromatic rings. The number of benzene rings is 3. The van der Waals surface area contributed by atoms with Crippen LogP contribution in [0, 0.1) is 0 Å². The molecule has 0 fully saturated rings. The Morgan fingerprint density at radius 1 is 0.854 bits per heavy atom. The first-order chi connectivity index (χ1) is 19.7. The van der Waals surface area contributed by atoms with Crippen LogP contribution in [-0.2, 0) is 9.53 Å². The number of nitrogens with one attached hydrogen (secondary N) is 2. The van der Waals surface area contributed by atoms with Crippen LogP contribution in [0.15, 0.2) is 73.1 Å². The smallest absolute Gasteiger partial charge is 0.337 e. The van der Waals surface area contributed by atoms with Crippen molar-refractivity contribution in [1.82, 2.24) is 19.8 Å². The average molecular weight is 551 g/mol. The molecule has 208 valence electrons. The van der Waals surface area contributed by atoms with E-state index < -0.39 is 5.97 Å². The van der Waals surface area contributed by atoms with Gasteiger partial charge in [-0.1, -0.05) is 12.1 Å². The number of carbonyl (C=O) groups excluding carboxylic acids is 3. The summed E-state index contributed by atoms with van der Waals surface area (Å²) in [5, 5.41) is 6.27. The number of fused-ring (bicyclic) bond motifs is 2. The van der Waals surface area contributed by atoms with Crippen LogP contribution in [0.4, 0.5) is 11.4 Å². The molecular formula is C31H30N6O4. The van der Waals surface area contributed by atoms with Crippen LogP contribution in [0.2, 0.25) is 0 Å². The van der Waals surface area contributed by atoms with E-state index in [-0.39, 0.29) is 11.8 Å². The molecule has 3 aromatic carbocycles. The van der Waals surface area contributed by atoms with Crippen LogP contribution < -0.4 is 10.6 Å². The Hall–Kier alpha value is -5.09. The van der Waals surface area contributed by atoms with Crippen molar-refractivity contribution in [2.75, 3.05) is 52.0 Å². The highest BCUT2D eigenvalue weighted by Gasteiger charge is 2.29. The molecule has 0 saturated carbocycles. The summed E-state index contributed by atoms with van der Waals surface area (Å²) in [6.45, 7) is 1.37. The number of hydrogen-bond acceptors (Lipinski definition) is 8. The minimum atomic E-state index is -0.493. The van der Waals surface area contributed by atoms with Gasteiger partial charge in [0.25, 0.3) is 11.8 Å².